The second kappa shape index (κ2) is 7.05. The average Bonchev–Trinajstić information content (AvgIpc) is 2.48. The summed E-state index contributed by atoms with van der Waals surface area (Å²) in [5, 5.41) is 2.49. The van der Waals surface area contributed by atoms with Crippen LogP contribution >= 0.6 is 0 Å². The van der Waals surface area contributed by atoms with Crippen LogP contribution in [-0.4, -0.2) is 18.4 Å². The van der Waals surface area contributed by atoms with Crippen molar-refractivity contribution in [3.63, 3.8) is 0 Å². The van der Waals surface area contributed by atoms with Gasteiger partial charge in [0.2, 0.25) is 11.8 Å². The molecule has 0 heterocycles. The highest BCUT2D eigenvalue weighted by Gasteiger charge is 2.18. The van der Waals surface area contributed by atoms with Crippen LogP contribution < -0.4 is 10.2 Å². The summed E-state index contributed by atoms with van der Waals surface area (Å²) in [6.07, 6.45) is 0. The van der Waals surface area contributed by atoms with Gasteiger partial charge in [0.05, 0.1) is 5.69 Å². The Labute approximate surface area is 134 Å². The van der Waals surface area contributed by atoms with E-state index in [9.17, 15) is 14.0 Å². The molecule has 0 aromatic heterocycles. The van der Waals surface area contributed by atoms with Crippen LogP contribution in [0.1, 0.15) is 18.1 Å². The molecular weight excluding hydrogens is 295 g/mol. The number of halogens is 1. The number of nitrogens with one attached hydrogen (secondary N) is 1. The van der Waals surface area contributed by atoms with Crippen LogP contribution in [0.25, 0.3) is 0 Å². The molecule has 2 rings (SSSR count). The molecule has 0 aliphatic carbocycles. The molecule has 120 valence electrons. The zero-order chi connectivity index (χ0) is 17.0. The van der Waals surface area contributed by atoms with Crippen molar-refractivity contribution in [2.45, 2.75) is 20.8 Å². The first-order chi connectivity index (χ1) is 10.9. The third-order valence-electron chi connectivity index (χ3n) is 3.47. The van der Waals surface area contributed by atoms with Gasteiger partial charge < -0.3 is 10.2 Å². The van der Waals surface area contributed by atoms with Crippen LogP contribution in [0.4, 0.5) is 15.8 Å². The first-order valence-corrected chi connectivity index (χ1v) is 7.28. The predicted molar refractivity (Wildman–Crippen MR) is 89.0 cm³/mol. The molecule has 0 aliphatic heterocycles. The lowest BCUT2D eigenvalue weighted by atomic mass is 10.1. The maximum absolute atomic E-state index is 13.6. The molecule has 5 heteroatoms. The topological polar surface area (TPSA) is 49.4 Å². The van der Waals surface area contributed by atoms with Gasteiger partial charge in [0.1, 0.15) is 12.4 Å². The van der Waals surface area contributed by atoms with Gasteiger partial charge in [0, 0.05) is 12.6 Å². The quantitative estimate of drug-likeness (QED) is 0.940. The third-order valence-corrected chi connectivity index (χ3v) is 3.47. The molecule has 0 atom stereocenters. The van der Waals surface area contributed by atoms with E-state index in [-0.39, 0.29) is 18.1 Å². The lowest BCUT2D eigenvalue weighted by molar-refractivity contribution is -0.120. The Morgan fingerprint density at radius 2 is 1.83 bits per heavy atom. The molecule has 4 nitrogen and oxygen atoms in total. The van der Waals surface area contributed by atoms with Gasteiger partial charge in [-0.05, 0) is 37.6 Å². The smallest absolute Gasteiger partial charge is 0.244 e. The number of carbonyl (C=O) groups excluding carboxylic acids is 2. The van der Waals surface area contributed by atoms with Gasteiger partial charge in [-0.25, -0.2) is 4.39 Å². The molecule has 0 radical (unpaired) electrons. The van der Waals surface area contributed by atoms with Gasteiger partial charge in [-0.1, -0.05) is 29.8 Å². The molecule has 0 spiro atoms. The highest BCUT2D eigenvalue weighted by molar-refractivity contribution is 6.02. The largest absolute Gasteiger partial charge is 0.322 e. The van der Waals surface area contributed by atoms with Gasteiger partial charge in [-0.15, -0.1) is 0 Å². The molecule has 2 aromatic carbocycles. The summed E-state index contributed by atoms with van der Waals surface area (Å²) in [7, 11) is 0. The maximum Gasteiger partial charge on any atom is 0.244 e. The third kappa shape index (κ3) is 4.16. The summed E-state index contributed by atoms with van der Waals surface area (Å²) in [4.78, 5) is 25.4. The number of amides is 2. The van der Waals surface area contributed by atoms with Crippen molar-refractivity contribution < 1.29 is 14.0 Å². The van der Waals surface area contributed by atoms with E-state index in [2.05, 4.69) is 5.32 Å². The number of anilines is 2. The molecule has 0 saturated carbocycles. The molecule has 2 amide bonds. The lowest BCUT2D eigenvalue weighted by Crippen LogP contribution is -2.37. The zero-order valence-corrected chi connectivity index (χ0v) is 13.4. The van der Waals surface area contributed by atoms with E-state index in [0.29, 0.717) is 5.69 Å². The first-order valence-electron chi connectivity index (χ1n) is 7.28. The highest BCUT2D eigenvalue weighted by Crippen LogP contribution is 2.21. The Kier molecular flexibility index (Phi) is 5.11. The second-order valence-electron chi connectivity index (χ2n) is 5.42. The summed E-state index contributed by atoms with van der Waals surface area (Å²) in [5.74, 6) is -1.22. The number of hydrogen-bond acceptors (Lipinski definition) is 2. The minimum Gasteiger partial charge on any atom is -0.322 e. The van der Waals surface area contributed by atoms with E-state index in [1.54, 1.807) is 12.1 Å². The number of para-hydroxylation sites is 1. The standard InChI is InChI=1S/C18H19FN2O2/c1-12-8-9-17(13(2)10-12)21(14(3)22)11-18(23)20-16-7-5-4-6-15(16)19/h4-10H,11H2,1-3H3,(H,20,23). The van der Waals surface area contributed by atoms with Crippen LogP contribution in [0.3, 0.4) is 0 Å². The van der Waals surface area contributed by atoms with Crippen molar-refractivity contribution in [1.82, 2.24) is 0 Å². The summed E-state index contributed by atoms with van der Waals surface area (Å²) in [6.45, 7) is 5.07. The van der Waals surface area contributed by atoms with Crippen molar-refractivity contribution in [3.8, 4) is 0 Å². The molecular formula is C18H19FN2O2. The van der Waals surface area contributed by atoms with Crippen LogP contribution in [0.5, 0.6) is 0 Å². The van der Waals surface area contributed by atoms with Crippen LogP contribution in [0.2, 0.25) is 0 Å². The number of benzene rings is 2. The number of rotatable bonds is 4. The highest BCUT2D eigenvalue weighted by atomic mass is 19.1. The molecule has 0 unspecified atom stereocenters. The fourth-order valence-electron chi connectivity index (χ4n) is 2.37. The minimum absolute atomic E-state index is 0.0987. The van der Waals surface area contributed by atoms with E-state index in [1.807, 2.05) is 32.0 Å². The predicted octanol–water partition coefficient (Wildman–Crippen LogP) is 3.43. The fourth-order valence-corrected chi connectivity index (χ4v) is 2.37. The second-order valence-corrected chi connectivity index (χ2v) is 5.42. The molecule has 2 aromatic rings. The van der Waals surface area contributed by atoms with E-state index >= 15 is 0 Å². The van der Waals surface area contributed by atoms with E-state index in [0.717, 1.165) is 11.1 Å². The normalized spacial score (nSPS) is 10.3. The van der Waals surface area contributed by atoms with Crippen molar-refractivity contribution in [2.24, 2.45) is 0 Å². The van der Waals surface area contributed by atoms with Gasteiger partial charge in [0.25, 0.3) is 0 Å². The monoisotopic (exact) mass is 314 g/mol. The fraction of sp³-hybridized carbons (Fsp3) is 0.222. The van der Waals surface area contributed by atoms with Crippen LogP contribution in [0.15, 0.2) is 42.5 Å². The van der Waals surface area contributed by atoms with Crippen molar-refractivity contribution >= 4 is 23.2 Å². The zero-order valence-electron chi connectivity index (χ0n) is 13.4. The SMILES string of the molecule is CC(=O)N(CC(=O)Nc1ccccc1F)c1ccc(C)cc1C. The first kappa shape index (κ1) is 16.7. The minimum atomic E-state index is -0.512. The van der Waals surface area contributed by atoms with Gasteiger partial charge in [0.15, 0.2) is 0 Å². The molecule has 0 bridgehead atoms. The van der Waals surface area contributed by atoms with Crippen molar-refractivity contribution in [1.29, 1.82) is 0 Å². The lowest BCUT2D eigenvalue weighted by Gasteiger charge is -2.23. The molecule has 0 fully saturated rings. The molecule has 1 N–H and O–H groups in total. The van der Waals surface area contributed by atoms with E-state index < -0.39 is 11.7 Å². The number of nitrogens with zero attached hydrogens (tertiary/aromatic N) is 1. The maximum atomic E-state index is 13.6. The van der Waals surface area contributed by atoms with Crippen LogP contribution in [0, 0.1) is 19.7 Å². The number of carbonyl (C=O) groups is 2. The van der Waals surface area contributed by atoms with E-state index in [1.165, 1.54) is 24.0 Å². The number of hydrogen-bond donors (Lipinski definition) is 1. The molecule has 0 saturated heterocycles. The molecule has 0 aliphatic rings. The Morgan fingerprint density at radius 1 is 1.13 bits per heavy atom. The Bertz CT molecular complexity index is 744. The van der Waals surface area contributed by atoms with Crippen molar-refractivity contribution in [2.75, 3.05) is 16.8 Å². The van der Waals surface area contributed by atoms with Gasteiger partial charge in [-0.2, -0.15) is 0 Å². The summed E-state index contributed by atoms with van der Waals surface area (Å²) >= 11 is 0. The van der Waals surface area contributed by atoms with Crippen molar-refractivity contribution in [3.05, 3.63) is 59.4 Å². The Morgan fingerprint density at radius 3 is 2.43 bits per heavy atom. The Balaban J connectivity index is 2.18. The number of aryl methyl sites for hydroxylation is 2. The summed E-state index contributed by atoms with van der Waals surface area (Å²) in [5.41, 5.74) is 2.75. The average molecular weight is 314 g/mol. The van der Waals surface area contributed by atoms with Gasteiger partial charge in [-0.3, -0.25) is 9.59 Å². The van der Waals surface area contributed by atoms with Crippen LogP contribution in [-0.2, 0) is 9.59 Å². The Hall–Kier alpha value is -2.69. The summed E-state index contributed by atoms with van der Waals surface area (Å²) < 4.78 is 13.6. The molecule has 23 heavy (non-hydrogen) atoms. The van der Waals surface area contributed by atoms with Gasteiger partial charge >= 0.3 is 0 Å². The summed E-state index contributed by atoms with van der Waals surface area (Å²) in [6, 6.07) is 11.6. The van der Waals surface area contributed by atoms with E-state index in [4.69, 9.17) is 0 Å².